The maximum absolute atomic E-state index is 14.0. The number of nitrogens with zero attached hydrogens (tertiary/aromatic N) is 2. The van der Waals surface area contributed by atoms with Crippen molar-refractivity contribution in [3.05, 3.63) is 124 Å². The van der Waals surface area contributed by atoms with E-state index in [-0.39, 0.29) is 12.2 Å². The van der Waals surface area contributed by atoms with E-state index >= 15 is 0 Å². The number of hydrogen-bond acceptors (Lipinski definition) is 7. The summed E-state index contributed by atoms with van der Waals surface area (Å²) in [6.45, 7) is 8.42. The van der Waals surface area contributed by atoms with E-state index in [0.29, 0.717) is 44.6 Å². The Morgan fingerprint density at radius 1 is 1.09 bits per heavy atom. The summed E-state index contributed by atoms with van der Waals surface area (Å²) in [6, 6.07) is 20.9. The second-order valence-electron chi connectivity index (χ2n) is 10.4. The van der Waals surface area contributed by atoms with Gasteiger partial charge in [0.05, 0.1) is 35.6 Å². The third kappa shape index (κ3) is 6.38. The summed E-state index contributed by atoms with van der Waals surface area (Å²) in [5.41, 5.74) is 4.42. The van der Waals surface area contributed by atoms with Crippen LogP contribution >= 0.6 is 27.3 Å². The molecule has 222 valence electrons. The monoisotopic (exact) mass is 660 g/mol. The number of carbonyl (C=O) groups is 1. The van der Waals surface area contributed by atoms with Gasteiger partial charge in [0.1, 0.15) is 6.61 Å². The van der Waals surface area contributed by atoms with Gasteiger partial charge in [-0.2, -0.15) is 0 Å². The van der Waals surface area contributed by atoms with Crippen LogP contribution in [0.3, 0.4) is 0 Å². The van der Waals surface area contributed by atoms with E-state index in [9.17, 15) is 9.59 Å². The molecular formula is C34H33BrN2O5S. The lowest BCUT2D eigenvalue weighted by molar-refractivity contribution is -0.139. The van der Waals surface area contributed by atoms with E-state index < -0.39 is 12.0 Å². The molecule has 1 aliphatic rings. The number of rotatable bonds is 9. The number of allylic oxidation sites excluding steroid dienone is 1. The number of ether oxygens (including phenoxy) is 3. The highest BCUT2D eigenvalue weighted by Gasteiger charge is 2.33. The fraction of sp³-hybridized carbons (Fsp3) is 0.265. The van der Waals surface area contributed by atoms with Crippen molar-refractivity contribution in [1.82, 2.24) is 4.57 Å². The molecule has 4 aromatic rings. The highest BCUT2D eigenvalue weighted by molar-refractivity contribution is 9.10. The Balaban J connectivity index is 1.59. The van der Waals surface area contributed by atoms with Crippen molar-refractivity contribution in [2.75, 3.05) is 13.7 Å². The van der Waals surface area contributed by atoms with Crippen molar-refractivity contribution in [2.45, 2.75) is 46.3 Å². The predicted molar refractivity (Wildman–Crippen MR) is 172 cm³/mol. The highest BCUT2D eigenvalue weighted by Crippen LogP contribution is 2.35. The number of carbonyl (C=O) groups excluding carboxylic acids is 1. The Morgan fingerprint density at radius 2 is 1.81 bits per heavy atom. The van der Waals surface area contributed by atoms with Gasteiger partial charge in [-0.3, -0.25) is 9.36 Å². The molecule has 0 saturated carbocycles. The van der Waals surface area contributed by atoms with Crippen LogP contribution in [0.5, 0.6) is 11.5 Å². The molecule has 5 rings (SSSR count). The molecule has 43 heavy (non-hydrogen) atoms. The van der Waals surface area contributed by atoms with Crippen LogP contribution in [0.15, 0.2) is 92.3 Å². The van der Waals surface area contributed by atoms with E-state index in [1.54, 1.807) is 31.6 Å². The summed E-state index contributed by atoms with van der Waals surface area (Å²) >= 11 is 4.93. The number of halogens is 1. The van der Waals surface area contributed by atoms with Crippen LogP contribution in [0.25, 0.3) is 6.08 Å². The van der Waals surface area contributed by atoms with Gasteiger partial charge in [0.25, 0.3) is 5.56 Å². The molecule has 2 heterocycles. The topological polar surface area (TPSA) is 79.1 Å². The molecule has 0 amide bonds. The van der Waals surface area contributed by atoms with Crippen molar-refractivity contribution >= 4 is 39.3 Å². The molecular weight excluding hydrogens is 628 g/mol. The molecule has 0 fully saturated rings. The average Bonchev–Trinajstić information content (AvgIpc) is 3.30. The highest BCUT2D eigenvalue weighted by atomic mass is 79.9. The molecule has 0 radical (unpaired) electrons. The van der Waals surface area contributed by atoms with E-state index in [1.807, 2.05) is 66.7 Å². The first-order valence-corrected chi connectivity index (χ1v) is 15.7. The molecule has 0 bridgehead atoms. The van der Waals surface area contributed by atoms with Gasteiger partial charge in [0, 0.05) is 4.47 Å². The average molecular weight is 662 g/mol. The Labute approximate surface area is 262 Å². The maximum atomic E-state index is 14.0. The number of aromatic nitrogens is 1. The fourth-order valence-corrected chi connectivity index (χ4v) is 6.45. The smallest absolute Gasteiger partial charge is 0.338 e. The molecule has 1 unspecified atom stereocenters. The molecule has 7 nitrogen and oxygen atoms in total. The van der Waals surface area contributed by atoms with Crippen LogP contribution in [-0.4, -0.2) is 24.3 Å². The normalized spacial score (nSPS) is 14.9. The Bertz CT molecular complexity index is 1860. The number of fused-ring (bicyclic) bond motifs is 1. The van der Waals surface area contributed by atoms with Gasteiger partial charge >= 0.3 is 5.97 Å². The Kier molecular flexibility index (Phi) is 9.32. The molecule has 0 aliphatic carbocycles. The Morgan fingerprint density at radius 3 is 2.47 bits per heavy atom. The van der Waals surface area contributed by atoms with Crippen molar-refractivity contribution in [3.63, 3.8) is 0 Å². The van der Waals surface area contributed by atoms with Crippen LogP contribution in [0.4, 0.5) is 0 Å². The van der Waals surface area contributed by atoms with Crippen LogP contribution in [0.2, 0.25) is 0 Å². The number of thiazole rings is 1. The first-order chi connectivity index (χ1) is 20.7. The van der Waals surface area contributed by atoms with Gasteiger partial charge in [0.15, 0.2) is 16.3 Å². The summed E-state index contributed by atoms with van der Waals surface area (Å²) in [7, 11) is 1.58. The first-order valence-electron chi connectivity index (χ1n) is 14.1. The minimum atomic E-state index is -0.662. The molecule has 0 saturated heterocycles. The Hall–Kier alpha value is -3.95. The standard InChI is InChI=1S/C34H33BrN2O5S/c1-6-41-33(39)30-21(4)36-34-37(31(30)24-14-12-23(13-15-24)20(2)3)32(38)29(43-34)17-25-16-27(40-5)28(18-26(25)35)42-19-22-10-8-7-9-11-22/h7-18,20,31H,6,19H2,1-5H3/b29-17+. The zero-order valence-corrected chi connectivity index (χ0v) is 27.1. The largest absolute Gasteiger partial charge is 0.493 e. The lowest BCUT2D eigenvalue weighted by Gasteiger charge is -2.25. The summed E-state index contributed by atoms with van der Waals surface area (Å²) in [6.07, 6.45) is 1.81. The molecule has 1 aromatic heterocycles. The number of esters is 1. The zero-order chi connectivity index (χ0) is 30.7. The van der Waals surface area contributed by atoms with Gasteiger partial charge in [-0.05, 0) is 60.2 Å². The van der Waals surface area contributed by atoms with Crippen molar-refractivity contribution in [2.24, 2.45) is 4.99 Å². The van der Waals surface area contributed by atoms with E-state index in [2.05, 4.69) is 34.8 Å². The van der Waals surface area contributed by atoms with Crippen molar-refractivity contribution in [1.29, 1.82) is 0 Å². The summed E-state index contributed by atoms with van der Waals surface area (Å²) in [5.74, 6) is 0.996. The van der Waals surface area contributed by atoms with Gasteiger partial charge in [-0.1, -0.05) is 95.7 Å². The van der Waals surface area contributed by atoms with Gasteiger partial charge in [-0.15, -0.1) is 0 Å². The second-order valence-corrected chi connectivity index (χ2v) is 12.3. The first kappa shape index (κ1) is 30.5. The van der Waals surface area contributed by atoms with Crippen molar-refractivity contribution < 1.29 is 19.0 Å². The minimum Gasteiger partial charge on any atom is -0.493 e. The van der Waals surface area contributed by atoms with Crippen LogP contribution in [0.1, 0.15) is 61.9 Å². The number of benzene rings is 3. The lowest BCUT2D eigenvalue weighted by Crippen LogP contribution is -2.39. The van der Waals surface area contributed by atoms with Gasteiger partial charge in [0.2, 0.25) is 0 Å². The SMILES string of the molecule is CCOC(=O)C1=C(C)N=c2s/c(=C/c3cc(OC)c(OCc4ccccc4)cc3Br)c(=O)n2C1c1ccc(C(C)C)cc1. The zero-order valence-electron chi connectivity index (χ0n) is 24.7. The fourth-order valence-electron chi connectivity index (χ4n) is 4.98. The number of methoxy groups -OCH3 is 1. The van der Waals surface area contributed by atoms with Crippen LogP contribution < -0.4 is 24.4 Å². The van der Waals surface area contributed by atoms with Crippen LogP contribution in [-0.2, 0) is 16.1 Å². The van der Waals surface area contributed by atoms with Crippen LogP contribution in [0, 0.1) is 0 Å². The molecule has 1 aliphatic heterocycles. The summed E-state index contributed by atoms with van der Waals surface area (Å²) < 4.78 is 19.9. The third-order valence-electron chi connectivity index (χ3n) is 7.24. The van der Waals surface area contributed by atoms with E-state index in [0.717, 1.165) is 21.2 Å². The second kappa shape index (κ2) is 13.1. The number of hydrogen-bond donors (Lipinski definition) is 0. The summed E-state index contributed by atoms with van der Waals surface area (Å²) in [4.78, 5) is 32.4. The third-order valence-corrected chi connectivity index (χ3v) is 8.91. The summed E-state index contributed by atoms with van der Waals surface area (Å²) in [5, 5.41) is 0. The predicted octanol–water partition coefficient (Wildman–Crippen LogP) is 6.27. The molecule has 9 heteroatoms. The lowest BCUT2D eigenvalue weighted by atomic mass is 9.93. The van der Waals surface area contributed by atoms with E-state index in [1.165, 1.54) is 16.9 Å². The molecule has 0 N–H and O–H groups in total. The van der Waals surface area contributed by atoms with Gasteiger partial charge in [-0.25, -0.2) is 9.79 Å². The molecule has 1 atom stereocenters. The van der Waals surface area contributed by atoms with Crippen molar-refractivity contribution in [3.8, 4) is 11.5 Å². The minimum absolute atomic E-state index is 0.222. The molecule has 3 aromatic carbocycles. The molecule has 0 spiro atoms. The van der Waals surface area contributed by atoms with Gasteiger partial charge < -0.3 is 14.2 Å². The quantitative estimate of drug-likeness (QED) is 0.198. The van der Waals surface area contributed by atoms with E-state index in [4.69, 9.17) is 14.2 Å². The maximum Gasteiger partial charge on any atom is 0.338 e.